The van der Waals surface area contributed by atoms with Crippen LogP contribution in [-0.4, -0.2) is 14.2 Å². The molecule has 0 unspecified atom stereocenters. The van der Waals surface area contributed by atoms with Gasteiger partial charge in [0, 0.05) is 4.91 Å². The first-order chi connectivity index (χ1) is 4.54. The summed E-state index contributed by atoms with van der Waals surface area (Å²) in [6.07, 6.45) is 2.52. The average molecular weight is 162 g/mol. The molecule has 0 N–H and O–H groups in total. The minimum absolute atomic E-state index is 0.204. The van der Waals surface area contributed by atoms with E-state index in [4.69, 9.17) is 0 Å². The van der Waals surface area contributed by atoms with Gasteiger partial charge in [-0.1, -0.05) is 19.9 Å². The van der Waals surface area contributed by atoms with Crippen molar-refractivity contribution >= 4 is 9.84 Å². The molecule has 0 aromatic heterocycles. The molecule has 0 aliphatic rings. The van der Waals surface area contributed by atoms with E-state index in [-0.39, 0.29) is 5.75 Å². The van der Waals surface area contributed by atoms with Gasteiger partial charge in [0.2, 0.25) is 0 Å². The van der Waals surface area contributed by atoms with Crippen molar-refractivity contribution in [3.8, 4) is 0 Å². The molecule has 0 aromatic carbocycles. The van der Waals surface area contributed by atoms with Gasteiger partial charge in [-0.2, -0.15) is 0 Å². The second-order valence-corrected chi connectivity index (χ2v) is 4.58. The molecule has 0 saturated heterocycles. The smallest absolute Gasteiger partial charge is 0.173 e. The third kappa shape index (κ3) is 2.52. The second-order valence-electron chi connectivity index (χ2n) is 2.13. The highest BCUT2D eigenvalue weighted by Crippen LogP contribution is 2.06. The van der Waals surface area contributed by atoms with E-state index in [1.807, 2.05) is 6.92 Å². The molecule has 0 aliphatic heterocycles. The van der Waals surface area contributed by atoms with Crippen molar-refractivity contribution in [2.45, 2.75) is 27.2 Å². The van der Waals surface area contributed by atoms with Crippen LogP contribution >= 0.6 is 0 Å². The van der Waals surface area contributed by atoms with Gasteiger partial charge >= 0.3 is 0 Å². The summed E-state index contributed by atoms with van der Waals surface area (Å²) in [5, 5.41) is 0. The Labute approximate surface area is 62.9 Å². The van der Waals surface area contributed by atoms with Gasteiger partial charge in [-0.25, -0.2) is 8.42 Å². The Morgan fingerprint density at radius 3 is 2.20 bits per heavy atom. The average Bonchev–Trinajstić information content (AvgIpc) is 1.89. The molecule has 0 saturated carbocycles. The van der Waals surface area contributed by atoms with Crippen molar-refractivity contribution in [3.05, 3.63) is 11.0 Å². The quantitative estimate of drug-likeness (QED) is 0.633. The molecule has 0 amide bonds. The first-order valence-electron chi connectivity index (χ1n) is 3.44. The second kappa shape index (κ2) is 3.76. The molecule has 0 bridgehead atoms. The zero-order valence-corrected chi connectivity index (χ0v) is 7.53. The molecular weight excluding hydrogens is 148 g/mol. The van der Waals surface area contributed by atoms with Crippen molar-refractivity contribution in [1.29, 1.82) is 0 Å². The molecule has 0 spiro atoms. The van der Waals surface area contributed by atoms with Crippen LogP contribution in [0.15, 0.2) is 11.0 Å². The minimum atomic E-state index is -2.90. The first kappa shape index (κ1) is 9.69. The fraction of sp³-hybridized carbons (Fsp3) is 0.714. The normalized spacial score (nSPS) is 13.7. The number of allylic oxidation sites excluding steroid dienone is 2. The van der Waals surface area contributed by atoms with Crippen molar-refractivity contribution in [1.82, 2.24) is 0 Å². The van der Waals surface area contributed by atoms with Crippen molar-refractivity contribution in [2.75, 3.05) is 5.75 Å². The zero-order valence-electron chi connectivity index (χ0n) is 6.72. The summed E-state index contributed by atoms with van der Waals surface area (Å²) in [5.41, 5.74) is 0. The van der Waals surface area contributed by atoms with E-state index >= 15 is 0 Å². The topological polar surface area (TPSA) is 34.1 Å². The third-order valence-electron chi connectivity index (χ3n) is 1.36. The highest BCUT2D eigenvalue weighted by molar-refractivity contribution is 7.95. The largest absolute Gasteiger partial charge is 0.224 e. The molecule has 0 aromatic rings. The number of rotatable bonds is 3. The maximum atomic E-state index is 11.0. The van der Waals surface area contributed by atoms with Crippen LogP contribution < -0.4 is 0 Å². The van der Waals surface area contributed by atoms with Crippen LogP contribution in [0.3, 0.4) is 0 Å². The zero-order chi connectivity index (χ0) is 8.20. The predicted octanol–water partition coefficient (Wildman–Crippen LogP) is 1.73. The lowest BCUT2D eigenvalue weighted by molar-refractivity contribution is 0.603. The highest BCUT2D eigenvalue weighted by Gasteiger charge is 2.07. The van der Waals surface area contributed by atoms with E-state index in [1.54, 1.807) is 19.9 Å². The predicted molar refractivity (Wildman–Crippen MR) is 43.5 cm³/mol. The van der Waals surface area contributed by atoms with Crippen LogP contribution in [-0.2, 0) is 9.84 Å². The van der Waals surface area contributed by atoms with Crippen LogP contribution in [0.25, 0.3) is 0 Å². The summed E-state index contributed by atoms with van der Waals surface area (Å²) >= 11 is 0. The molecule has 3 heteroatoms. The molecule has 0 aliphatic carbocycles. The van der Waals surface area contributed by atoms with E-state index in [9.17, 15) is 8.42 Å². The SMILES string of the molecule is CCC=C(C)S(=O)(=O)CC. The summed E-state index contributed by atoms with van der Waals surface area (Å²) in [5.74, 6) is 0.204. The lowest BCUT2D eigenvalue weighted by Crippen LogP contribution is -2.03. The maximum Gasteiger partial charge on any atom is 0.173 e. The molecule has 0 heterocycles. The lowest BCUT2D eigenvalue weighted by Gasteiger charge is -1.98. The fourth-order valence-electron chi connectivity index (χ4n) is 0.642. The molecule has 0 radical (unpaired) electrons. The Balaban J connectivity index is 4.50. The number of hydrogen-bond acceptors (Lipinski definition) is 2. The third-order valence-corrected chi connectivity index (χ3v) is 3.27. The Morgan fingerprint density at radius 1 is 1.40 bits per heavy atom. The van der Waals surface area contributed by atoms with Gasteiger partial charge in [0.1, 0.15) is 0 Å². The van der Waals surface area contributed by atoms with Gasteiger partial charge in [0.25, 0.3) is 0 Å². The van der Waals surface area contributed by atoms with Crippen LogP contribution in [0, 0.1) is 0 Å². The van der Waals surface area contributed by atoms with Crippen molar-refractivity contribution in [3.63, 3.8) is 0 Å². The summed E-state index contributed by atoms with van der Waals surface area (Å²) < 4.78 is 22.0. The van der Waals surface area contributed by atoms with E-state index in [0.29, 0.717) is 4.91 Å². The maximum absolute atomic E-state index is 11.0. The van der Waals surface area contributed by atoms with Crippen molar-refractivity contribution in [2.24, 2.45) is 0 Å². The Morgan fingerprint density at radius 2 is 1.90 bits per heavy atom. The lowest BCUT2D eigenvalue weighted by atomic mass is 10.4. The van der Waals surface area contributed by atoms with Gasteiger partial charge in [-0.15, -0.1) is 0 Å². The highest BCUT2D eigenvalue weighted by atomic mass is 32.2. The van der Waals surface area contributed by atoms with Gasteiger partial charge in [0.05, 0.1) is 5.75 Å². The molecule has 2 nitrogen and oxygen atoms in total. The van der Waals surface area contributed by atoms with E-state index in [1.165, 1.54) is 0 Å². The van der Waals surface area contributed by atoms with Gasteiger partial charge < -0.3 is 0 Å². The Hall–Kier alpha value is -0.310. The molecule has 0 fully saturated rings. The summed E-state index contributed by atoms with van der Waals surface area (Å²) in [4.78, 5) is 0.498. The molecule has 0 rings (SSSR count). The summed E-state index contributed by atoms with van der Waals surface area (Å²) in [7, 11) is -2.90. The van der Waals surface area contributed by atoms with Gasteiger partial charge in [0.15, 0.2) is 9.84 Å². The first-order valence-corrected chi connectivity index (χ1v) is 5.09. The Kier molecular flexibility index (Phi) is 3.64. The van der Waals surface area contributed by atoms with E-state index < -0.39 is 9.84 Å². The minimum Gasteiger partial charge on any atom is -0.224 e. The van der Waals surface area contributed by atoms with E-state index in [2.05, 4.69) is 0 Å². The van der Waals surface area contributed by atoms with Crippen LogP contribution in [0.5, 0.6) is 0 Å². The number of hydrogen-bond donors (Lipinski definition) is 0. The van der Waals surface area contributed by atoms with Gasteiger partial charge in [-0.3, -0.25) is 0 Å². The van der Waals surface area contributed by atoms with Crippen LogP contribution in [0.1, 0.15) is 27.2 Å². The standard InChI is InChI=1S/C7H14O2S/c1-4-6-7(3)10(8,9)5-2/h6H,4-5H2,1-3H3. The van der Waals surface area contributed by atoms with Gasteiger partial charge in [-0.05, 0) is 13.3 Å². The fourth-order valence-corrected chi connectivity index (χ4v) is 1.52. The Bertz CT molecular complexity index is 212. The summed E-state index contributed by atoms with van der Waals surface area (Å²) in [6, 6.07) is 0. The van der Waals surface area contributed by atoms with Crippen LogP contribution in [0.4, 0.5) is 0 Å². The van der Waals surface area contributed by atoms with E-state index in [0.717, 1.165) is 6.42 Å². The molecular formula is C7H14O2S. The van der Waals surface area contributed by atoms with Crippen molar-refractivity contribution < 1.29 is 8.42 Å². The number of sulfone groups is 1. The summed E-state index contributed by atoms with van der Waals surface area (Å²) in [6.45, 7) is 5.22. The molecule has 10 heavy (non-hydrogen) atoms. The molecule has 60 valence electrons. The molecule has 0 atom stereocenters. The van der Waals surface area contributed by atoms with Crippen LogP contribution in [0.2, 0.25) is 0 Å². The monoisotopic (exact) mass is 162 g/mol.